The van der Waals surface area contributed by atoms with Gasteiger partial charge in [-0.1, -0.05) is 13.8 Å². The summed E-state index contributed by atoms with van der Waals surface area (Å²) >= 11 is 0. The Morgan fingerprint density at radius 1 is 1.09 bits per heavy atom. The first-order valence-corrected chi connectivity index (χ1v) is 19.4. The molecule has 0 aromatic carbocycles. The number of amides is 3. The average molecular weight is 799 g/mol. The number of carbonyl (C=O) groups is 4. The molecule has 20 nitrogen and oxygen atoms in total. The van der Waals surface area contributed by atoms with E-state index in [4.69, 9.17) is 28.9 Å². The van der Waals surface area contributed by atoms with Crippen molar-refractivity contribution in [2.24, 2.45) is 5.92 Å². The Hall–Kier alpha value is -4.49. The van der Waals surface area contributed by atoms with Crippen LogP contribution in [-0.2, 0) is 38.1 Å². The minimum atomic E-state index is -1.41. The van der Waals surface area contributed by atoms with Gasteiger partial charge in [0.05, 0.1) is 36.2 Å². The van der Waals surface area contributed by atoms with Crippen molar-refractivity contribution in [2.45, 2.75) is 132 Å². The summed E-state index contributed by atoms with van der Waals surface area (Å²) in [5, 5.41) is 47.0. The minimum absolute atomic E-state index is 0.0766. The van der Waals surface area contributed by atoms with Gasteiger partial charge in [-0.15, -0.1) is 0 Å². The van der Waals surface area contributed by atoms with Gasteiger partial charge in [0.25, 0.3) is 5.91 Å². The van der Waals surface area contributed by atoms with Crippen LogP contribution in [0.3, 0.4) is 0 Å². The lowest BCUT2D eigenvalue weighted by Crippen LogP contribution is -2.66. The van der Waals surface area contributed by atoms with E-state index < -0.39 is 91.8 Å². The van der Waals surface area contributed by atoms with Crippen molar-refractivity contribution < 1.29 is 58.2 Å². The van der Waals surface area contributed by atoms with Crippen LogP contribution in [-0.4, -0.2) is 165 Å². The summed E-state index contributed by atoms with van der Waals surface area (Å²) in [5.74, 6) is -0.297. The molecule has 10 unspecified atom stereocenters. The number of hydrogen-bond acceptors (Lipinski definition) is 16. The third kappa shape index (κ3) is 8.14. The summed E-state index contributed by atoms with van der Waals surface area (Å²) in [4.78, 5) is 63.9. The number of piperidine rings is 1. The fourth-order valence-corrected chi connectivity index (χ4v) is 8.44. The molecule has 7 rings (SSSR count). The smallest absolute Gasteiger partial charge is 0.419 e. The van der Waals surface area contributed by atoms with E-state index >= 15 is 0 Å². The van der Waals surface area contributed by atoms with Crippen LogP contribution in [0, 0.1) is 17.2 Å². The molecule has 0 radical (unpaired) electrons. The summed E-state index contributed by atoms with van der Waals surface area (Å²) in [5.41, 5.74) is 0.350. The van der Waals surface area contributed by atoms with Crippen molar-refractivity contribution in [2.75, 3.05) is 31.6 Å². The Labute approximate surface area is 328 Å². The fourth-order valence-electron chi connectivity index (χ4n) is 8.44. The van der Waals surface area contributed by atoms with E-state index in [0.717, 1.165) is 6.42 Å². The number of hydrogen-bond donors (Lipinski definition) is 5. The second-order valence-corrected chi connectivity index (χ2v) is 15.5. The normalized spacial score (nSPS) is 35.9. The van der Waals surface area contributed by atoms with Crippen molar-refractivity contribution in [1.82, 2.24) is 30.1 Å². The zero-order valence-electron chi connectivity index (χ0n) is 32.2. The number of likely N-dealkylation sites (N-methyl/N-ethyl adjacent to an activating group) is 1. The molecule has 310 valence electrons. The standard InChI is InChI=1S/C37H50N8O12/c1-5-23-26(41-18(3)47)29(27(49)24(15-46)54-23)56-36-28(50)30-31(55-30)32(57-36)35(51)42-19-12-20(13-19)53-37(52)45-11-8-21-33(39-16-40-34(21)45)43(4)22-14-44(10-7-17(22)2)25(48)6-9-38/h8,11,16-17,19-20,22-24,26-32,36,46,49-50H,5-7,10,12-15H2,1-4H3,(H,41,47)(H,42,51)/t17-,19?,20?,22+,23?,24?,26?,27?,28?,29?,30?,31?,32?,36?/m1/s1. The number of nitrogens with one attached hydrogen (secondary N) is 2. The number of aliphatic hydroxyl groups excluding tert-OH is 3. The molecule has 5 fully saturated rings. The molecule has 4 saturated heterocycles. The van der Waals surface area contributed by atoms with Gasteiger partial charge in [0.2, 0.25) is 11.8 Å². The lowest BCUT2D eigenvalue weighted by molar-refractivity contribution is -0.289. The van der Waals surface area contributed by atoms with Crippen molar-refractivity contribution >= 4 is 40.7 Å². The molecule has 4 aliphatic heterocycles. The molecular formula is C37H50N8O12. The molecule has 12 atom stereocenters. The number of nitriles is 1. The molecule has 2 aromatic rings. The summed E-state index contributed by atoms with van der Waals surface area (Å²) in [6.07, 6.45) is -6.07. The number of carbonyl (C=O) groups excluding carboxylic acids is 4. The lowest BCUT2D eigenvalue weighted by Gasteiger charge is -2.46. The van der Waals surface area contributed by atoms with Gasteiger partial charge in [0, 0.05) is 52.1 Å². The van der Waals surface area contributed by atoms with E-state index in [9.17, 15) is 34.5 Å². The zero-order chi connectivity index (χ0) is 40.7. The largest absolute Gasteiger partial charge is 0.445 e. The minimum Gasteiger partial charge on any atom is -0.445 e. The first-order valence-electron chi connectivity index (χ1n) is 19.4. The maximum atomic E-state index is 13.4. The maximum Gasteiger partial charge on any atom is 0.419 e. The van der Waals surface area contributed by atoms with Gasteiger partial charge < -0.3 is 59.4 Å². The van der Waals surface area contributed by atoms with E-state index in [-0.39, 0.29) is 30.3 Å². The van der Waals surface area contributed by atoms with Crippen LogP contribution in [0.4, 0.5) is 10.6 Å². The first-order chi connectivity index (χ1) is 27.3. The number of aromatic nitrogens is 3. The summed E-state index contributed by atoms with van der Waals surface area (Å²) in [6, 6.07) is 2.40. The molecule has 1 saturated carbocycles. The zero-order valence-corrected chi connectivity index (χ0v) is 32.2. The highest BCUT2D eigenvalue weighted by molar-refractivity contribution is 5.93. The SMILES string of the molecule is CCC1OC(CO)C(O)C(OC2OC(C(=O)NC3CC(OC(=O)n4ccc5c(N(C)[C@H]6CN(C(=O)CC#N)CC[C@H]6C)ncnc54)C3)C3OC3C2O)C1NC(C)=O. The van der Waals surface area contributed by atoms with Gasteiger partial charge in [0.1, 0.15) is 61.3 Å². The Balaban J connectivity index is 0.940. The van der Waals surface area contributed by atoms with Gasteiger partial charge in [-0.05, 0) is 24.8 Å². The molecule has 5 N–H and O–H groups in total. The van der Waals surface area contributed by atoms with Crippen molar-refractivity contribution in [1.29, 1.82) is 5.26 Å². The van der Waals surface area contributed by atoms with Crippen LogP contribution in [0.1, 0.15) is 52.9 Å². The molecule has 6 heterocycles. The van der Waals surface area contributed by atoms with E-state index in [1.807, 2.05) is 24.9 Å². The number of nitrogens with zero attached hydrogens (tertiary/aromatic N) is 6. The van der Waals surface area contributed by atoms with Crippen molar-refractivity contribution in [3.05, 3.63) is 18.6 Å². The fraction of sp³-hybridized carbons (Fsp3) is 0.703. The van der Waals surface area contributed by atoms with Crippen LogP contribution in [0.2, 0.25) is 0 Å². The van der Waals surface area contributed by atoms with E-state index in [2.05, 4.69) is 27.5 Å². The predicted molar refractivity (Wildman–Crippen MR) is 195 cm³/mol. The van der Waals surface area contributed by atoms with Crippen LogP contribution < -0.4 is 15.5 Å². The molecule has 20 heteroatoms. The molecule has 57 heavy (non-hydrogen) atoms. The van der Waals surface area contributed by atoms with Crippen molar-refractivity contribution in [3.8, 4) is 6.07 Å². The second-order valence-electron chi connectivity index (χ2n) is 15.5. The highest BCUT2D eigenvalue weighted by atomic mass is 16.7. The quantitative estimate of drug-likeness (QED) is 0.169. The monoisotopic (exact) mass is 798 g/mol. The summed E-state index contributed by atoms with van der Waals surface area (Å²) in [7, 11) is 1.89. The third-order valence-electron chi connectivity index (χ3n) is 11.8. The van der Waals surface area contributed by atoms with Gasteiger partial charge in [-0.2, -0.15) is 5.26 Å². The number of epoxide rings is 1. The Morgan fingerprint density at radius 2 is 1.86 bits per heavy atom. The lowest BCUT2D eigenvalue weighted by atomic mass is 9.89. The molecular weight excluding hydrogens is 748 g/mol. The van der Waals surface area contributed by atoms with Crippen LogP contribution >= 0.6 is 0 Å². The van der Waals surface area contributed by atoms with Crippen LogP contribution in [0.25, 0.3) is 11.0 Å². The highest BCUT2D eigenvalue weighted by Gasteiger charge is 2.61. The first kappa shape index (κ1) is 40.7. The molecule has 2 aromatic heterocycles. The van der Waals surface area contributed by atoms with Gasteiger partial charge in [-0.3, -0.25) is 14.4 Å². The molecule has 0 bridgehead atoms. The molecule has 3 amide bonds. The third-order valence-corrected chi connectivity index (χ3v) is 11.8. The molecule has 5 aliphatic rings. The van der Waals surface area contributed by atoms with Gasteiger partial charge in [0.15, 0.2) is 18.0 Å². The van der Waals surface area contributed by atoms with Crippen LogP contribution in [0.5, 0.6) is 0 Å². The second kappa shape index (κ2) is 16.8. The highest BCUT2D eigenvalue weighted by Crippen LogP contribution is 2.40. The summed E-state index contributed by atoms with van der Waals surface area (Å²) in [6.45, 7) is 5.74. The number of fused-ring (bicyclic) bond motifs is 2. The van der Waals surface area contributed by atoms with Gasteiger partial charge >= 0.3 is 6.09 Å². The number of likely N-dealkylation sites (tertiary alicyclic amines) is 1. The Bertz CT molecular complexity index is 1870. The molecule has 0 spiro atoms. The molecule has 1 aliphatic carbocycles. The van der Waals surface area contributed by atoms with E-state index in [1.54, 1.807) is 17.2 Å². The maximum absolute atomic E-state index is 13.4. The average Bonchev–Trinajstić information content (AvgIpc) is 3.86. The van der Waals surface area contributed by atoms with E-state index in [1.165, 1.54) is 17.8 Å². The Kier molecular flexibility index (Phi) is 12.0. The predicted octanol–water partition coefficient (Wildman–Crippen LogP) is -1.08. The Morgan fingerprint density at radius 3 is 2.56 bits per heavy atom. The van der Waals surface area contributed by atoms with Gasteiger partial charge in [-0.25, -0.2) is 19.3 Å². The van der Waals surface area contributed by atoms with Crippen LogP contribution in [0.15, 0.2) is 18.6 Å². The number of ether oxygens (including phenoxy) is 5. The number of aliphatic hydroxyl groups is 3. The van der Waals surface area contributed by atoms with Crippen molar-refractivity contribution in [3.63, 3.8) is 0 Å². The number of anilines is 1. The summed E-state index contributed by atoms with van der Waals surface area (Å²) < 4.78 is 30.5. The topological polar surface area (TPSA) is 263 Å². The number of rotatable bonds is 11. The van der Waals surface area contributed by atoms with E-state index in [0.29, 0.717) is 49.2 Å².